The zero-order chi connectivity index (χ0) is 11.1. The first-order valence-electron chi connectivity index (χ1n) is 5.62. The van der Waals surface area contributed by atoms with Crippen LogP contribution >= 0.6 is 0 Å². The van der Waals surface area contributed by atoms with Crippen LogP contribution in [0.3, 0.4) is 0 Å². The number of methoxy groups -OCH3 is 1. The van der Waals surface area contributed by atoms with Gasteiger partial charge in [-0.05, 0) is 31.5 Å². The molecule has 1 rings (SSSR count). The van der Waals surface area contributed by atoms with Crippen LogP contribution in [0.15, 0.2) is 16.5 Å². The number of ether oxygens (including phenoxy) is 1. The van der Waals surface area contributed by atoms with Gasteiger partial charge < -0.3 is 14.5 Å². The third-order valence-corrected chi connectivity index (χ3v) is 2.36. The molecule has 0 aliphatic carbocycles. The van der Waals surface area contributed by atoms with E-state index < -0.39 is 0 Å². The minimum Gasteiger partial charge on any atom is -0.462 e. The van der Waals surface area contributed by atoms with Gasteiger partial charge in [0.2, 0.25) is 0 Å². The van der Waals surface area contributed by atoms with Crippen molar-refractivity contribution in [2.24, 2.45) is 0 Å². The van der Waals surface area contributed by atoms with Gasteiger partial charge in [0.1, 0.15) is 18.1 Å². The molecule has 1 atom stereocenters. The van der Waals surface area contributed by atoms with E-state index in [2.05, 4.69) is 19.2 Å². The van der Waals surface area contributed by atoms with Gasteiger partial charge in [-0.1, -0.05) is 13.8 Å². The van der Waals surface area contributed by atoms with Crippen molar-refractivity contribution in [3.63, 3.8) is 0 Å². The van der Waals surface area contributed by atoms with Gasteiger partial charge in [0.05, 0.1) is 6.04 Å². The molecule has 15 heavy (non-hydrogen) atoms. The van der Waals surface area contributed by atoms with Crippen LogP contribution in [0.1, 0.15) is 44.3 Å². The molecule has 0 aliphatic rings. The molecule has 0 saturated carbocycles. The number of nitrogens with one attached hydrogen (secondary N) is 1. The summed E-state index contributed by atoms with van der Waals surface area (Å²) in [6.45, 7) is 5.90. The summed E-state index contributed by atoms with van der Waals surface area (Å²) in [5, 5.41) is 3.46. The van der Waals surface area contributed by atoms with Gasteiger partial charge in [-0.2, -0.15) is 0 Å². The van der Waals surface area contributed by atoms with Crippen molar-refractivity contribution in [2.75, 3.05) is 13.7 Å². The molecule has 3 nitrogen and oxygen atoms in total. The average molecular weight is 211 g/mol. The van der Waals surface area contributed by atoms with E-state index in [1.807, 2.05) is 12.1 Å². The van der Waals surface area contributed by atoms with Gasteiger partial charge in [0.25, 0.3) is 0 Å². The second-order valence-corrected chi connectivity index (χ2v) is 3.65. The zero-order valence-electron chi connectivity index (χ0n) is 9.88. The Morgan fingerprint density at radius 3 is 2.80 bits per heavy atom. The quantitative estimate of drug-likeness (QED) is 0.753. The summed E-state index contributed by atoms with van der Waals surface area (Å²) in [5.74, 6) is 1.90. The molecule has 1 aromatic heterocycles. The molecule has 3 heteroatoms. The van der Waals surface area contributed by atoms with Crippen molar-refractivity contribution in [3.05, 3.63) is 23.7 Å². The normalized spacial score (nSPS) is 13.0. The second-order valence-electron chi connectivity index (χ2n) is 3.65. The highest BCUT2D eigenvalue weighted by Crippen LogP contribution is 2.19. The zero-order valence-corrected chi connectivity index (χ0v) is 9.88. The van der Waals surface area contributed by atoms with Crippen LogP contribution in [0.4, 0.5) is 0 Å². The Morgan fingerprint density at radius 1 is 1.40 bits per heavy atom. The molecule has 0 aromatic carbocycles. The van der Waals surface area contributed by atoms with Crippen molar-refractivity contribution in [2.45, 2.75) is 39.3 Å². The molecule has 0 saturated heterocycles. The number of rotatable bonds is 7. The maximum Gasteiger partial charge on any atom is 0.129 e. The van der Waals surface area contributed by atoms with Gasteiger partial charge in [-0.15, -0.1) is 0 Å². The third kappa shape index (κ3) is 3.68. The molecule has 1 heterocycles. The highest BCUT2D eigenvalue weighted by Gasteiger charge is 2.12. The van der Waals surface area contributed by atoms with Crippen LogP contribution in [0.5, 0.6) is 0 Å². The minimum atomic E-state index is 0.329. The second kappa shape index (κ2) is 6.64. The molecule has 1 N–H and O–H groups in total. The molecule has 0 fully saturated rings. The Morgan fingerprint density at radius 2 is 2.20 bits per heavy atom. The van der Waals surface area contributed by atoms with Crippen molar-refractivity contribution >= 4 is 0 Å². The summed E-state index contributed by atoms with van der Waals surface area (Å²) in [6, 6.07) is 4.34. The van der Waals surface area contributed by atoms with E-state index in [0.717, 1.165) is 30.9 Å². The summed E-state index contributed by atoms with van der Waals surface area (Å²) >= 11 is 0. The summed E-state index contributed by atoms with van der Waals surface area (Å²) < 4.78 is 10.7. The van der Waals surface area contributed by atoms with Crippen LogP contribution in [-0.4, -0.2) is 13.7 Å². The first kappa shape index (κ1) is 12.3. The number of furan rings is 1. The van der Waals surface area contributed by atoms with Gasteiger partial charge in [-0.25, -0.2) is 0 Å². The standard InChI is InChI=1S/C12H21NO2/c1-4-8-13-11(5-2)12-7-6-10(15-12)9-14-3/h6-7,11,13H,4-5,8-9H2,1-3H3. The fourth-order valence-electron chi connectivity index (χ4n) is 1.57. The van der Waals surface area contributed by atoms with Crippen molar-refractivity contribution < 1.29 is 9.15 Å². The van der Waals surface area contributed by atoms with Crippen molar-refractivity contribution in [3.8, 4) is 0 Å². The van der Waals surface area contributed by atoms with Gasteiger partial charge >= 0.3 is 0 Å². The first-order valence-corrected chi connectivity index (χ1v) is 5.62. The SMILES string of the molecule is CCCNC(CC)c1ccc(COC)o1. The Kier molecular flexibility index (Phi) is 5.43. The maximum atomic E-state index is 5.69. The fraction of sp³-hybridized carbons (Fsp3) is 0.667. The van der Waals surface area contributed by atoms with E-state index in [1.54, 1.807) is 7.11 Å². The van der Waals surface area contributed by atoms with Gasteiger partial charge in [0.15, 0.2) is 0 Å². The summed E-state index contributed by atoms with van der Waals surface area (Å²) in [4.78, 5) is 0. The van der Waals surface area contributed by atoms with Gasteiger partial charge in [0, 0.05) is 7.11 Å². The molecular weight excluding hydrogens is 190 g/mol. The molecule has 0 bridgehead atoms. The summed E-state index contributed by atoms with van der Waals surface area (Å²) in [5.41, 5.74) is 0. The highest BCUT2D eigenvalue weighted by atomic mass is 16.5. The van der Waals surface area contributed by atoms with E-state index in [0.29, 0.717) is 12.6 Å². The van der Waals surface area contributed by atoms with E-state index >= 15 is 0 Å². The van der Waals surface area contributed by atoms with Crippen LogP contribution < -0.4 is 5.32 Å². The lowest BCUT2D eigenvalue weighted by molar-refractivity contribution is 0.161. The fourth-order valence-corrected chi connectivity index (χ4v) is 1.57. The molecule has 1 unspecified atom stereocenters. The molecule has 86 valence electrons. The van der Waals surface area contributed by atoms with Crippen molar-refractivity contribution in [1.82, 2.24) is 5.32 Å². The topological polar surface area (TPSA) is 34.4 Å². The van der Waals surface area contributed by atoms with E-state index in [9.17, 15) is 0 Å². The Hall–Kier alpha value is -0.800. The monoisotopic (exact) mass is 211 g/mol. The highest BCUT2D eigenvalue weighted by molar-refractivity contribution is 5.10. The molecular formula is C12H21NO2. The largest absolute Gasteiger partial charge is 0.462 e. The average Bonchev–Trinajstić information content (AvgIpc) is 2.68. The summed E-state index contributed by atoms with van der Waals surface area (Å²) in [6.07, 6.45) is 2.18. The predicted octanol–water partition coefficient (Wildman–Crippen LogP) is 2.88. The predicted molar refractivity (Wildman–Crippen MR) is 60.7 cm³/mol. The molecule has 0 radical (unpaired) electrons. The van der Waals surface area contributed by atoms with Crippen LogP contribution in [0.2, 0.25) is 0 Å². The molecule has 0 spiro atoms. The minimum absolute atomic E-state index is 0.329. The van der Waals surface area contributed by atoms with Crippen LogP contribution in [-0.2, 0) is 11.3 Å². The van der Waals surface area contributed by atoms with Gasteiger partial charge in [-0.3, -0.25) is 0 Å². The first-order chi connectivity index (χ1) is 7.31. The number of hydrogen-bond donors (Lipinski definition) is 1. The third-order valence-electron chi connectivity index (χ3n) is 2.36. The van der Waals surface area contributed by atoms with Crippen LogP contribution in [0, 0.1) is 0 Å². The Labute approximate surface area is 91.8 Å². The lowest BCUT2D eigenvalue weighted by Gasteiger charge is -2.13. The van der Waals surface area contributed by atoms with E-state index in [-0.39, 0.29) is 0 Å². The smallest absolute Gasteiger partial charge is 0.129 e. The Balaban J connectivity index is 2.57. The summed E-state index contributed by atoms with van der Waals surface area (Å²) in [7, 11) is 1.68. The van der Waals surface area contributed by atoms with E-state index in [4.69, 9.17) is 9.15 Å². The maximum absolute atomic E-state index is 5.69. The van der Waals surface area contributed by atoms with E-state index in [1.165, 1.54) is 0 Å². The molecule has 0 amide bonds. The lowest BCUT2D eigenvalue weighted by Crippen LogP contribution is -2.20. The molecule has 0 aliphatic heterocycles. The van der Waals surface area contributed by atoms with Crippen molar-refractivity contribution in [1.29, 1.82) is 0 Å². The Bertz CT molecular complexity index is 270. The molecule has 1 aromatic rings. The van der Waals surface area contributed by atoms with Crippen LogP contribution in [0.25, 0.3) is 0 Å². The lowest BCUT2D eigenvalue weighted by atomic mass is 10.1. The number of hydrogen-bond acceptors (Lipinski definition) is 3.